The van der Waals surface area contributed by atoms with E-state index in [2.05, 4.69) is 16.0 Å². The van der Waals surface area contributed by atoms with Gasteiger partial charge in [-0.1, -0.05) is 19.3 Å². The molecule has 1 aliphatic carbocycles. The first kappa shape index (κ1) is 21.5. The molecule has 30 heavy (non-hydrogen) atoms. The molecule has 3 N–H and O–H groups in total. The van der Waals surface area contributed by atoms with Gasteiger partial charge in [-0.05, 0) is 49.2 Å². The van der Waals surface area contributed by atoms with Crippen molar-refractivity contribution in [1.29, 1.82) is 0 Å². The highest BCUT2D eigenvalue weighted by Gasteiger charge is 2.16. The summed E-state index contributed by atoms with van der Waals surface area (Å²) in [7, 11) is 3.11. The first-order valence-electron chi connectivity index (χ1n) is 10.3. The zero-order chi connectivity index (χ0) is 21.3. The van der Waals surface area contributed by atoms with E-state index in [1.807, 2.05) is 0 Å². The van der Waals surface area contributed by atoms with Crippen LogP contribution in [-0.2, 0) is 4.79 Å². The van der Waals surface area contributed by atoms with Crippen LogP contribution >= 0.6 is 0 Å². The van der Waals surface area contributed by atoms with Gasteiger partial charge >= 0.3 is 0 Å². The number of amides is 2. The van der Waals surface area contributed by atoms with Gasteiger partial charge in [0, 0.05) is 23.4 Å². The van der Waals surface area contributed by atoms with Gasteiger partial charge in [-0.25, -0.2) is 0 Å². The first-order valence-corrected chi connectivity index (χ1v) is 10.3. The maximum absolute atomic E-state index is 12.4. The van der Waals surface area contributed by atoms with Crippen molar-refractivity contribution in [3.05, 3.63) is 48.0 Å². The third-order valence-electron chi connectivity index (χ3n) is 5.22. The molecule has 0 atom stereocenters. The standard InChI is InChI=1S/C23H29N3O4/c1-29-19-12-13-21(30-2)20(14-19)26-22(27)15-24-17-10-8-16(9-11-17)23(28)25-18-6-4-3-5-7-18/h8-14,18,24H,3-7,15H2,1-2H3,(H,25,28)(H,26,27). The van der Waals surface area contributed by atoms with E-state index in [0.717, 1.165) is 18.5 Å². The van der Waals surface area contributed by atoms with Gasteiger partial charge in [-0.15, -0.1) is 0 Å². The molecule has 7 heteroatoms. The molecule has 1 aliphatic rings. The average molecular weight is 412 g/mol. The summed E-state index contributed by atoms with van der Waals surface area (Å²) >= 11 is 0. The molecular weight excluding hydrogens is 382 g/mol. The minimum absolute atomic E-state index is 0.0451. The van der Waals surface area contributed by atoms with E-state index >= 15 is 0 Å². The van der Waals surface area contributed by atoms with Crippen molar-refractivity contribution in [1.82, 2.24) is 5.32 Å². The van der Waals surface area contributed by atoms with Gasteiger partial charge in [0.2, 0.25) is 5.91 Å². The summed E-state index contributed by atoms with van der Waals surface area (Å²) in [4.78, 5) is 24.7. The lowest BCUT2D eigenvalue weighted by Crippen LogP contribution is -2.36. The second-order valence-corrected chi connectivity index (χ2v) is 7.35. The fourth-order valence-electron chi connectivity index (χ4n) is 3.54. The number of anilines is 2. The van der Waals surface area contributed by atoms with Crippen LogP contribution in [0.5, 0.6) is 11.5 Å². The highest BCUT2D eigenvalue weighted by atomic mass is 16.5. The van der Waals surface area contributed by atoms with E-state index in [9.17, 15) is 9.59 Å². The number of rotatable bonds is 8. The predicted octanol–water partition coefficient (Wildman–Crippen LogP) is 3.82. The second kappa shape index (κ2) is 10.5. The van der Waals surface area contributed by atoms with Gasteiger partial charge in [0.15, 0.2) is 0 Å². The molecule has 0 unspecified atom stereocenters. The Bertz CT molecular complexity index is 861. The van der Waals surface area contributed by atoms with Crippen molar-refractivity contribution in [3.63, 3.8) is 0 Å². The number of methoxy groups -OCH3 is 2. The van der Waals surface area contributed by atoms with Crippen LogP contribution in [-0.4, -0.2) is 38.6 Å². The first-order chi connectivity index (χ1) is 14.6. The number of hydrogen-bond donors (Lipinski definition) is 3. The molecule has 1 saturated carbocycles. The zero-order valence-electron chi connectivity index (χ0n) is 17.5. The summed E-state index contributed by atoms with van der Waals surface area (Å²) in [6, 6.07) is 12.6. The van der Waals surface area contributed by atoms with Crippen molar-refractivity contribution in [2.24, 2.45) is 0 Å². The monoisotopic (exact) mass is 411 g/mol. The SMILES string of the molecule is COc1ccc(OC)c(NC(=O)CNc2ccc(C(=O)NC3CCCCC3)cc2)c1. The summed E-state index contributed by atoms with van der Waals surface area (Å²) in [5.74, 6) is 0.913. The fraction of sp³-hybridized carbons (Fsp3) is 0.391. The summed E-state index contributed by atoms with van der Waals surface area (Å²) in [6.07, 6.45) is 5.72. The number of carbonyl (C=O) groups is 2. The molecule has 2 amide bonds. The Labute approximate surface area is 177 Å². The molecule has 0 saturated heterocycles. The van der Waals surface area contributed by atoms with Crippen molar-refractivity contribution in [3.8, 4) is 11.5 Å². The maximum Gasteiger partial charge on any atom is 0.251 e. The highest BCUT2D eigenvalue weighted by Crippen LogP contribution is 2.28. The predicted molar refractivity (Wildman–Crippen MR) is 117 cm³/mol. The highest BCUT2D eigenvalue weighted by molar-refractivity contribution is 5.96. The molecule has 2 aromatic carbocycles. The number of carbonyl (C=O) groups excluding carboxylic acids is 2. The Morgan fingerprint density at radius 1 is 0.967 bits per heavy atom. The van der Waals surface area contributed by atoms with Crippen LogP contribution in [0, 0.1) is 0 Å². The lowest BCUT2D eigenvalue weighted by molar-refractivity contribution is -0.114. The fourth-order valence-corrected chi connectivity index (χ4v) is 3.54. The largest absolute Gasteiger partial charge is 0.497 e. The zero-order valence-corrected chi connectivity index (χ0v) is 17.5. The lowest BCUT2D eigenvalue weighted by atomic mass is 9.95. The van der Waals surface area contributed by atoms with E-state index in [1.54, 1.807) is 56.7 Å². The third-order valence-corrected chi connectivity index (χ3v) is 5.22. The molecule has 0 aromatic heterocycles. The Morgan fingerprint density at radius 3 is 2.37 bits per heavy atom. The van der Waals surface area contributed by atoms with Gasteiger partial charge in [0.05, 0.1) is 26.5 Å². The Balaban J connectivity index is 1.51. The van der Waals surface area contributed by atoms with Crippen LogP contribution in [0.2, 0.25) is 0 Å². The van der Waals surface area contributed by atoms with Gasteiger partial charge in [0.1, 0.15) is 11.5 Å². The minimum atomic E-state index is -0.222. The molecule has 3 rings (SSSR count). The molecular formula is C23H29N3O4. The topological polar surface area (TPSA) is 88.7 Å². The van der Waals surface area contributed by atoms with E-state index in [4.69, 9.17) is 9.47 Å². The molecule has 0 bridgehead atoms. The van der Waals surface area contributed by atoms with Crippen LogP contribution in [0.3, 0.4) is 0 Å². The van der Waals surface area contributed by atoms with Crippen molar-refractivity contribution < 1.29 is 19.1 Å². The number of hydrogen-bond acceptors (Lipinski definition) is 5. The lowest BCUT2D eigenvalue weighted by Gasteiger charge is -2.22. The minimum Gasteiger partial charge on any atom is -0.497 e. The molecule has 0 heterocycles. The molecule has 0 spiro atoms. The summed E-state index contributed by atoms with van der Waals surface area (Å²) in [6.45, 7) is 0.0774. The summed E-state index contributed by atoms with van der Waals surface area (Å²) in [5.41, 5.74) is 1.92. The van der Waals surface area contributed by atoms with Crippen molar-refractivity contribution in [2.75, 3.05) is 31.4 Å². The molecule has 1 fully saturated rings. The van der Waals surface area contributed by atoms with Crippen LogP contribution in [0.4, 0.5) is 11.4 Å². The Morgan fingerprint density at radius 2 is 1.70 bits per heavy atom. The van der Waals surface area contributed by atoms with Gasteiger partial charge in [-0.2, -0.15) is 0 Å². The van der Waals surface area contributed by atoms with Crippen LogP contribution in [0.25, 0.3) is 0 Å². The maximum atomic E-state index is 12.4. The van der Waals surface area contributed by atoms with Gasteiger partial charge in [0.25, 0.3) is 5.91 Å². The summed E-state index contributed by atoms with van der Waals surface area (Å²) in [5, 5.41) is 8.98. The number of ether oxygens (including phenoxy) is 2. The normalized spacial score (nSPS) is 13.9. The van der Waals surface area contributed by atoms with E-state index in [0.29, 0.717) is 22.7 Å². The molecule has 2 aromatic rings. The summed E-state index contributed by atoms with van der Waals surface area (Å²) < 4.78 is 10.5. The second-order valence-electron chi connectivity index (χ2n) is 7.35. The molecule has 0 aliphatic heterocycles. The third kappa shape index (κ3) is 5.89. The van der Waals surface area contributed by atoms with E-state index < -0.39 is 0 Å². The Kier molecular flexibility index (Phi) is 7.54. The number of nitrogens with one attached hydrogen (secondary N) is 3. The van der Waals surface area contributed by atoms with E-state index in [-0.39, 0.29) is 24.4 Å². The van der Waals surface area contributed by atoms with E-state index in [1.165, 1.54) is 19.3 Å². The van der Waals surface area contributed by atoms with Crippen LogP contribution in [0.15, 0.2) is 42.5 Å². The average Bonchev–Trinajstić information content (AvgIpc) is 2.78. The van der Waals surface area contributed by atoms with Crippen molar-refractivity contribution in [2.45, 2.75) is 38.1 Å². The molecule has 160 valence electrons. The van der Waals surface area contributed by atoms with Crippen LogP contribution < -0.4 is 25.4 Å². The van der Waals surface area contributed by atoms with Gasteiger partial charge in [-0.3, -0.25) is 9.59 Å². The van der Waals surface area contributed by atoms with Crippen LogP contribution in [0.1, 0.15) is 42.5 Å². The Hall–Kier alpha value is -3.22. The molecule has 0 radical (unpaired) electrons. The van der Waals surface area contributed by atoms with Gasteiger partial charge < -0.3 is 25.4 Å². The van der Waals surface area contributed by atoms with Crippen molar-refractivity contribution >= 4 is 23.2 Å². The smallest absolute Gasteiger partial charge is 0.251 e. The number of benzene rings is 2. The quantitative estimate of drug-likeness (QED) is 0.615. The molecule has 7 nitrogen and oxygen atoms in total.